The first kappa shape index (κ1) is 94.4. The van der Waals surface area contributed by atoms with E-state index in [-0.39, 0.29) is 80.5 Å². The Kier molecular flexibility index (Phi) is 30.5. The Morgan fingerprint density at radius 1 is 0.328 bits per heavy atom. The molecule has 0 spiro atoms. The van der Waals surface area contributed by atoms with E-state index in [9.17, 15) is 58.2 Å². The van der Waals surface area contributed by atoms with Crippen molar-refractivity contribution in [3.63, 3.8) is 0 Å². The number of phenols is 2. The van der Waals surface area contributed by atoms with Crippen LogP contribution in [0.25, 0.3) is 109 Å². The second kappa shape index (κ2) is 41.4. The van der Waals surface area contributed by atoms with Crippen LogP contribution in [0.3, 0.4) is 0 Å². The van der Waals surface area contributed by atoms with Crippen molar-refractivity contribution < 1.29 is 58.2 Å². The highest BCUT2D eigenvalue weighted by Crippen LogP contribution is 2.40. The lowest BCUT2D eigenvalue weighted by molar-refractivity contribution is 0.100. The topological polar surface area (TPSA) is 287 Å². The van der Waals surface area contributed by atoms with Crippen molar-refractivity contribution in [3.05, 3.63) is 225 Å². The van der Waals surface area contributed by atoms with E-state index >= 15 is 0 Å². The Balaban J connectivity index is 0.000000145. The normalized spacial score (nSPS) is 12.4. The van der Waals surface area contributed by atoms with Crippen LogP contribution in [0.5, 0.6) is 11.5 Å². The number of nitrogens with one attached hydrogen (secondary N) is 4. The minimum atomic E-state index is -0.234. The molecule has 0 saturated heterocycles. The number of aromatic nitrogens is 5. The minimum Gasteiger partial charge on any atom is -0.507 e. The molecule has 10 aromatic carbocycles. The molecule has 666 valence electrons. The number of phenolic OH excluding ortho intramolecular Hbond substituents is 2. The third-order valence-corrected chi connectivity index (χ3v) is 24.9. The molecule has 1 saturated carbocycles. The van der Waals surface area contributed by atoms with Gasteiger partial charge in [0.1, 0.15) is 11.5 Å². The lowest BCUT2D eigenvalue weighted by Gasteiger charge is -2.26. The summed E-state index contributed by atoms with van der Waals surface area (Å²) in [6.07, 6.45) is 4.97. The fraction of sp³-hybridized carbons (Fsp3) is 0.340. The summed E-state index contributed by atoms with van der Waals surface area (Å²) in [5.74, 6) is -0.204. The van der Waals surface area contributed by atoms with Crippen LogP contribution in [-0.4, -0.2) is 167 Å². The van der Waals surface area contributed by atoms with Gasteiger partial charge in [0, 0.05) is 238 Å². The van der Waals surface area contributed by atoms with Crippen LogP contribution in [0.4, 0.5) is 0 Å². The molecule has 0 aliphatic heterocycles. The zero-order valence-corrected chi connectivity index (χ0v) is 76.9. The van der Waals surface area contributed by atoms with Gasteiger partial charge < -0.3 is 59.2 Å². The fourth-order valence-corrected chi connectivity index (χ4v) is 17.1. The van der Waals surface area contributed by atoms with Crippen LogP contribution in [0.1, 0.15) is 240 Å². The number of likely N-dealkylation sites (N-methyl/N-ethyl adjacent to an activating group) is 2. The number of rotatable bonds is 31. The van der Waals surface area contributed by atoms with Gasteiger partial charge in [0.15, 0.2) is 57.8 Å². The molecular weight excluding hydrogens is 1610 g/mol. The van der Waals surface area contributed by atoms with E-state index in [0.717, 1.165) is 181 Å². The van der Waals surface area contributed by atoms with Crippen LogP contribution in [0, 0.1) is 0 Å². The zero-order valence-electron chi connectivity index (χ0n) is 76.9. The smallest absolute Gasteiger partial charge is 0.163 e. The first-order valence-corrected chi connectivity index (χ1v) is 44.6. The van der Waals surface area contributed by atoms with Crippen molar-refractivity contribution in [2.45, 2.75) is 187 Å². The van der Waals surface area contributed by atoms with Crippen LogP contribution in [0.2, 0.25) is 0 Å². The average molecular weight is 1730 g/mol. The van der Waals surface area contributed by atoms with E-state index in [0.29, 0.717) is 75.7 Å². The number of fused-ring (bicyclic) bond motifs is 15. The Bertz CT molecular complexity index is 6340. The van der Waals surface area contributed by atoms with Gasteiger partial charge >= 0.3 is 0 Å². The van der Waals surface area contributed by atoms with E-state index in [1.165, 1.54) is 33.1 Å². The van der Waals surface area contributed by atoms with Crippen molar-refractivity contribution in [2.24, 2.45) is 0 Å². The quantitative estimate of drug-likeness (QED) is 0.0220. The van der Waals surface area contributed by atoms with Gasteiger partial charge in [-0.3, -0.25) is 47.9 Å². The summed E-state index contributed by atoms with van der Waals surface area (Å²) in [4.78, 5) is 120. The molecule has 16 rings (SSSR count). The number of carbonyl (C=O) groups excluding carboxylic acids is 10. The van der Waals surface area contributed by atoms with Crippen molar-refractivity contribution in [1.82, 2.24) is 49.0 Å². The van der Waals surface area contributed by atoms with E-state index in [1.807, 2.05) is 157 Å². The molecule has 22 nitrogen and oxygen atoms in total. The SMILES string of the molecule is CC(=O)c1cc2c3cc(C(C)=O)c(O)cc3n(CCNC(C)C)c2cc1O.CC(=O)c1ccc2c(c1)c1cc(C(C)=O)ccc1n2CCNC1CCC1.CCC(C)NCCn1c2ccc(C(C)=O)cc2c2cc(C(C)=O)ccc21.CCN(CC)CCn1c2ccc(C(C)=O)cc2c2cc(C(C)=O)ccc21.CNCCn1c2ccc(C(C)=O)cc2c2cc(C(C)=O)ccc21. The number of hydrogen-bond acceptors (Lipinski definition) is 17. The summed E-state index contributed by atoms with van der Waals surface area (Å²) in [6.45, 7) is 38.6. The summed E-state index contributed by atoms with van der Waals surface area (Å²) >= 11 is 0. The van der Waals surface area contributed by atoms with E-state index < -0.39 is 0 Å². The number of ketones is 10. The van der Waals surface area contributed by atoms with Crippen LogP contribution in [0.15, 0.2) is 170 Å². The maximum absolute atomic E-state index is 11.9. The van der Waals surface area contributed by atoms with Crippen molar-refractivity contribution in [3.8, 4) is 11.5 Å². The second-order valence-electron chi connectivity index (χ2n) is 34.0. The molecule has 1 atom stereocenters. The molecule has 1 aliphatic carbocycles. The van der Waals surface area contributed by atoms with Crippen molar-refractivity contribution >= 4 is 167 Å². The molecule has 6 N–H and O–H groups in total. The zero-order chi connectivity index (χ0) is 92.4. The Hall–Kier alpha value is -12.7. The summed E-state index contributed by atoms with van der Waals surface area (Å²) in [7, 11) is 1.93. The molecule has 128 heavy (non-hydrogen) atoms. The number of aromatic hydroxyl groups is 2. The summed E-state index contributed by atoms with van der Waals surface area (Å²) in [6, 6.07) is 54.7. The van der Waals surface area contributed by atoms with Gasteiger partial charge in [0.2, 0.25) is 0 Å². The summed E-state index contributed by atoms with van der Waals surface area (Å²) in [5, 5.41) is 44.0. The maximum atomic E-state index is 11.9. The third kappa shape index (κ3) is 20.8. The fourth-order valence-electron chi connectivity index (χ4n) is 17.1. The molecule has 5 heterocycles. The van der Waals surface area contributed by atoms with Crippen molar-refractivity contribution in [1.29, 1.82) is 0 Å². The van der Waals surface area contributed by atoms with Crippen LogP contribution >= 0.6 is 0 Å². The van der Waals surface area contributed by atoms with E-state index in [4.69, 9.17) is 0 Å². The number of Topliss-reactive ketones (excluding diaryl/α,β-unsaturated/α-hetero) is 10. The van der Waals surface area contributed by atoms with Gasteiger partial charge in [-0.05, 0) is 273 Å². The Labute approximate surface area is 747 Å². The Morgan fingerprint density at radius 3 is 0.812 bits per heavy atom. The monoisotopic (exact) mass is 1720 g/mol. The predicted octanol–water partition coefficient (Wildman–Crippen LogP) is 20.5. The van der Waals surface area contributed by atoms with Gasteiger partial charge in [-0.15, -0.1) is 0 Å². The molecular formula is C106H120N10O12. The summed E-state index contributed by atoms with van der Waals surface area (Å²) < 4.78 is 11.1. The maximum Gasteiger partial charge on any atom is 0.163 e. The Morgan fingerprint density at radius 2 is 0.578 bits per heavy atom. The van der Waals surface area contributed by atoms with E-state index in [2.05, 4.69) is 86.0 Å². The van der Waals surface area contributed by atoms with Gasteiger partial charge in [0.05, 0.1) is 22.2 Å². The van der Waals surface area contributed by atoms with Gasteiger partial charge in [-0.25, -0.2) is 0 Å². The molecule has 0 radical (unpaired) electrons. The first-order chi connectivity index (χ1) is 61.1. The molecule has 1 aliphatic rings. The molecule has 5 aromatic heterocycles. The highest BCUT2D eigenvalue weighted by molar-refractivity contribution is 6.19. The van der Waals surface area contributed by atoms with Crippen molar-refractivity contribution in [2.75, 3.05) is 52.9 Å². The third-order valence-electron chi connectivity index (χ3n) is 24.9. The lowest BCUT2D eigenvalue weighted by Crippen LogP contribution is -2.36. The number of nitrogens with zero attached hydrogens (tertiary/aromatic N) is 6. The van der Waals surface area contributed by atoms with E-state index in [1.54, 1.807) is 79.7 Å². The standard InChI is InChI=1S/C22H24N2O2.2C22H26N2O2.C21H24N2O4.C19H20N2O2/c1-14(25)16-6-8-21-19(12-16)20-13-17(15(2)26)7-9-22(20)24(21)11-10-23-18-4-3-5-18;1-5-14(2)23-10-11-24-21-8-6-17(15(3)25)12-19(21)20-13-18(16(4)26)7-9-22(20)24;1-5-23(6-2)11-12-24-21-9-7-17(15(3)25)13-19(21)20-14-18(16(4)26)8-10-22(20)24;1-11(2)22-5-6-23-18-9-20(26)14(12(3)24)7-16(18)17-8-15(13(4)25)21(27)10-19(17)23;1-12(22)14-4-6-18-16(10-14)17-11-15(13(2)23)5-7-19(17)21(18)9-8-20-3/h6-9,12-13,18,23H,3-5,10-11H2,1-2H3;6-9,12-14,23H,5,10-11H2,1-4H3;7-10,13-14H,5-6,11-12H2,1-4H3;7-11,22,26-27H,5-6H2,1-4H3;4-7,10-11,20H,8-9H2,1-3H3. The largest absolute Gasteiger partial charge is 0.507 e. The lowest BCUT2D eigenvalue weighted by atomic mass is 9.93. The van der Waals surface area contributed by atoms with Gasteiger partial charge in [0.25, 0.3) is 0 Å². The van der Waals surface area contributed by atoms with Crippen LogP contribution < -0.4 is 21.3 Å². The molecule has 0 bridgehead atoms. The first-order valence-electron chi connectivity index (χ1n) is 44.6. The molecule has 22 heteroatoms. The molecule has 15 aromatic rings. The molecule has 0 amide bonds. The number of benzene rings is 10. The average Bonchev–Trinajstić information content (AvgIpc) is 1.56. The highest BCUT2D eigenvalue weighted by atomic mass is 16.3. The van der Waals surface area contributed by atoms with Crippen LogP contribution in [-0.2, 0) is 32.7 Å². The van der Waals surface area contributed by atoms with Gasteiger partial charge in [-0.2, -0.15) is 0 Å². The van der Waals surface area contributed by atoms with Gasteiger partial charge in [-0.1, -0.05) is 41.0 Å². The second-order valence-corrected chi connectivity index (χ2v) is 34.0. The predicted molar refractivity (Wildman–Crippen MR) is 519 cm³/mol. The number of hydrogen-bond donors (Lipinski definition) is 6. The molecule has 1 unspecified atom stereocenters. The molecule has 1 fully saturated rings. The minimum absolute atomic E-state index is 0.0470. The highest BCUT2D eigenvalue weighted by Gasteiger charge is 2.24. The summed E-state index contributed by atoms with van der Waals surface area (Å²) in [5.41, 5.74) is 16.4. The number of carbonyl (C=O) groups is 10.